The maximum absolute atomic E-state index is 12.3. The Morgan fingerprint density at radius 1 is 0.444 bits per heavy atom. The van der Waals surface area contributed by atoms with Crippen molar-refractivity contribution < 1.29 is 9.53 Å². The summed E-state index contributed by atoms with van der Waals surface area (Å²) in [5.41, 5.74) is 0. The van der Waals surface area contributed by atoms with Crippen LogP contribution in [-0.2, 0) is 9.53 Å². The maximum atomic E-state index is 12.3. The normalized spacial score (nSPS) is 12.2. The molecule has 2 heteroatoms. The minimum absolute atomic E-state index is 0.0474. The average molecular weight is 509 g/mol. The molecule has 36 heavy (non-hydrogen) atoms. The third-order valence-corrected chi connectivity index (χ3v) is 7.90. The van der Waals surface area contributed by atoms with Crippen LogP contribution in [0.25, 0.3) is 0 Å². The Morgan fingerprint density at radius 2 is 0.750 bits per heavy atom. The van der Waals surface area contributed by atoms with Crippen LogP contribution in [-0.4, -0.2) is 12.6 Å². The molecule has 0 bridgehead atoms. The molecular formula is C34H68O2. The lowest BCUT2D eigenvalue weighted by Gasteiger charge is -2.17. The fraction of sp³-hybridized carbons (Fsp3) is 0.971. The highest BCUT2D eigenvalue weighted by molar-refractivity contribution is 5.69. The zero-order chi connectivity index (χ0) is 26.4. The number of rotatable bonds is 30. The first-order valence-corrected chi connectivity index (χ1v) is 16.9. The summed E-state index contributed by atoms with van der Waals surface area (Å²) < 4.78 is 5.74. The molecule has 1 atom stereocenters. The van der Waals surface area contributed by atoms with Crippen LogP contribution < -0.4 is 0 Å². The molecule has 0 saturated carbocycles. The monoisotopic (exact) mass is 509 g/mol. The van der Waals surface area contributed by atoms with Crippen LogP contribution in [0.5, 0.6) is 0 Å². The lowest BCUT2D eigenvalue weighted by molar-refractivity contribution is -0.145. The lowest BCUT2D eigenvalue weighted by Crippen LogP contribution is -2.14. The summed E-state index contributed by atoms with van der Waals surface area (Å²) in [6.07, 6.45) is 36.8. The Hall–Kier alpha value is -0.530. The molecular weight excluding hydrogens is 440 g/mol. The van der Waals surface area contributed by atoms with Crippen LogP contribution in [0.1, 0.15) is 201 Å². The highest BCUT2D eigenvalue weighted by atomic mass is 16.5. The van der Waals surface area contributed by atoms with Crippen LogP contribution in [0, 0.1) is 5.92 Å². The van der Waals surface area contributed by atoms with Crippen LogP contribution >= 0.6 is 0 Å². The van der Waals surface area contributed by atoms with E-state index in [0.717, 1.165) is 6.42 Å². The van der Waals surface area contributed by atoms with Crippen molar-refractivity contribution in [3.8, 4) is 0 Å². The van der Waals surface area contributed by atoms with Crippen molar-refractivity contribution in [3.05, 3.63) is 0 Å². The lowest BCUT2D eigenvalue weighted by atomic mass is 9.95. The third-order valence-electron chi connectivity index (χ3n) is 7.90. The van der Waals surface area contributed by atoms with Crippen molar-refractivity contribution in [1.82, 2.24) is 0 Å². The van der Waals surface area contributed by atoms with Gasteiger partial charge in [0.2, 0.25) is 0 Å². The maximum Gasteiger partial charge on any atom is 0.305 e. The molecule has 0 aromatic rings. The Balaban J connectivity index is 3.66. The minimum atomic E-state index is 0.0474. The third kappa shape index (κ3) is 28.0. The predicted octanol–water partition coefficient (Wildman–Crippen LogP) is 12.1. The van der Waals surface area contributed by atoms with Gasteiger partial charge in [-0.25, -0.2) is 0 Å². The molecule has 216 valence electrons. The van der Waals surface area contributed by atoms with Gasteiger partial charge in [0.25, 0.3) is 0 Å². The first-order valence-electron chi connectivity index (χ1n) is 16.9. The van der Waals surface area contributed by atoms with Crippen LogP contribution in [0.15, 0.2) is 0 Å². The minimum Gasteiger partial charge on any atom is -0.465 e. The van der Waals surface area contributed by atoms with Gasteiger partial charge in [0.1, 0.15) is 0 Å². The summed E-state index contributed by atoms with van der Waals surface area (Å²) in [6.45, 7) is 7.50. The molecule has 0 aromatic heterocycles. The van der Waals surface area contributed by atoms with Gasteiger partial charge in [0.15, 0.2) is 0 Å². The van der Waals surface area contributed by atoms with E-state index in [-0.39, 0.29) is 5.97 Å². The van der Waals surface area contributed by atoms with E-state index < -0.39 is 0 Å². The van der Waals surface area contributed by atoms with Gasteiger partial charge in [-0.15, -0.1) is 0 Å². The zero-order valence-corrected chi connectivity index (χ0v) is 25.4. The molecule has 2 nitrogen and oxygen atoms in total. The second-order valence-electron chi connectivity index (χ2n) is 11.7. The Kier molecular flexibility index (Phi) is 30.2. The van der Waals surface area contributed by atoms with Crippen molar-refractivity contribution >= 4 is 5.97 Å². The highest BCUT2D eigenvalue weighted by Gasteiger charge is 2.12. The van der Waals surface area contributed by atoms with E-state index in [1.54, 1.807) is 0 Å². The molecule has 0 spiro atoms. The number of carbonyl (C=O) groups excluding carboxylic acids is 1. The zero-order valence-electron chi connectivity index (χ0n) is 25.4. The number of esters is 1. The fourth-order valence-electron chi connectivity index (χ4n) is 5.31. The standard InChI is InChI=1S/C34H68O2/c1-4-7-10-13-15-16-17-18-19-20-21-22-23-25-28-31-34(35)36-32-33(29-26-12-9-6-3)30-27-24-14-11-8-5-2/h33H,4-32H2,1-3H3. The predicted molar refractivity (Wildman–Crippen MR) is 161 cm³/mol. The molecule has 0 N–H and O–H groups in total. The summed E-state index contributed by atoms with van der Waals surface area (Å²) in [4.78, 5) is 12.3. The molecule has 0 saturated heterocycles. The summed E-state index contributed by atoms with van der Waals surface area (Å²) >= 11 is 0. The van der Waals surface area contributed by atoms with Crippen molar-refractivity contribution in [3.63, 3.8) is 0 Å². The summed E-state index contributed by atoms with van der Waals surface area (Å²) in [6, 6.07) is 0. The second-order valence-corrected chi connectivity index (χ2v) is 11.7. The Labute approximate surface area is 228 Å². The molecule has 0 aliphatic carbocycles. The average Bonchev–Trinajstić information content (AvgIpc) is 2.88. The largest absolute Gasteiger partial charge is 0.465 e. The number of hydrogen-bond acceptors (Lipinski definition) is 2. The molecule has 0 aromatic carbocycles. The summed E-state index contributed by atoms with van der Waals surface area (Å²) in [5.74, 6) is 0.629. The van der Waals surface area contributed by atoms with Gasteiger partial charge >= 0.3 is 5.97 Å². The molecule has 0 fully saturated rings. The van der Waals surface area contributed by atoms with E-state index in [1.165, 1.54) is 167 Å². The molecule has 0 rings (SSSR count). The van der Waals surface area contributed by atoms with Crippen molar-refractivity contribution in [2.24, 2.45) is 5.92 Å². The topological polar surface area (TPSA) is 26.3 Å². The van der Waals surface area contributed by atoms with E-state index >= 15 is 0 Å². The Morgan fingerprint density at radius 3 is 1.14 bits per heavy atom. The van der Waals surface area contributed by atoms with Crippen molar-refractivity contribution in [2.75, 3.05) is 6.61 Å². The van der Waals surface area contributed by atoms with E-state index in [4.69, 9.17) is 4.74 Å². The first-order chi connectivity index (χ1) is 17.7. The van der Waals surface area contributed by atoms with Gasteiger partial charge in [-0.05, 0) is 25.2 Å². The van der Waals surface area contributed by atoms with Gasteiger partial charge < -0.3 is 4.74 Å². The summed E-state index contributed by atoms with van der Waals surface area (Å²) in [7, 11) is 0. The fourth-order valence-corrected chi connectivity index (χ4v) is 5.31. The van der Waals surface area contributed by atoms with Crippen LogP contribution in [0.3, 0.4) is 0 Å². The van der Waals surface area contributed by atoms with Gasteiger partial charge in [-0.3, -0.25) is 4.79 Å². The SMILES string of the molecule is CCCCCCCCCCCCCCCCCC(=O)OCC(CCCCCC)CCCCCCCC. The van der Waals surface area contributed by atoms with E-state index in [9.17, 15) is 4.79 Å². The molecule has 1 unspecified atom stereocenters. The number of unbranched alkanes of at least 4 members (excludes halogenated alkanes) is 22. The van der Waals surface area contributed by atoms with Crippen molar-refractivity contribution in [1.29, 1.82) is 0 Å². The molecule has 0 amide bonds. The molecule has 0 heterocycles. The van der Waals surface area contributed by atoms with Crippen LogP contribution in [0.4, 0.5) is 0 Å². The van der Waals surface area contributed by atoms with E-state index in [0.29, 0.717) is 18.9 Å². The molecule has 0 radical (unpaired) electrons. The van der Waals surface area contributed by atoms with Gasteiger partial charge in [-0.2, -0.15) is 0 Å². The second kappa shape index (κ2) is 30.7. The van der Waals surface area contributed by atoms with Crippen LogP contribution in [0.2, 0.25) is 0 Å². The smallest absolute Gasteiger partial charge is 0.305 e. The molecule has 0 aliphatic heterocycles. The van der Waals surface area contributed by atoms with E-state index in [2.05, 4.69) is 20.8 Å². The van der Waals surface area contributed by atoms with Gasteiger partial charge in [-0.1, -0.05) is 175 Å². The quantitative estimate of drug-likeness (QED) is 0.0712. The number of carbonyl (C=O) groups is 1. The van der Waals surface area contributed by atoms with Gasteiger partial charge in [0, 0.05) is 6.42 Å². The molecule has 0 aliphatic rings. The van der Waals surface area contributed by atoms with Crippen molar-refractivity contribution in [2.45, 2.75) is 201 Å². The number of ether oxygens (including phenoxy) is 1. The van der Waals surface area contributed by atoms with Gasteiger partial charge in [0.05, 0.1) is 6.61 Å². The number of hydrogen-bond donors (Lipinski definition) is 0. The first kappa shape index (κ1) is 35.5. The highest BCUT2D eigenvalue weighted by Crippen LogP contribution is 2.20. The Bertz CT molecular complexity index is 419. The van der Waals surface area contributed by atoms with E-state index in [1.807, 2.05) is 0 Å². The summed E-state index contributed by atoms with van der Waals surface area (Å²) in [5, 5.41) is 0.